The molecule has 0 spiro atoms. The molecule has 0 radical (unpaired) electrons. The summed E-state index contributed by atoms with van der Waals surface area (Å²) >= 11 is 0. The normalized spacial score (nSPS) is 18.2. The molecule has 5 heteroatoms. The van der Waals surface area contributed by atoms with Crippen molar-refractivity contribution < 1.29 is 18.7 Å². The second kappa shape index (κ2) is 7.74. The van der Waals surface area contributed by atoms with Gasteiger partial charge in [0.1, 0.15) is 11.5 Å². The number of nitrogens with zero attached hydrogens (tertiary/aromatic N) is 1. The van der Waals surface area contributed by atoms with Gasteiger partial charge in [0.05, 0.1) is 24.0 Å². The second-order valence-electron chi connectivity index (χ2n) is 6.75. The van der Waals surface area contributed by atoms with Gasteiger partial charge in [-0.2, -0.15) is 0 Å². The molecule has 0 bridgehead atoms. The number of hydrogen-bond acceptors (Lipinski definition) is 4. The molecule has 1 saturated heterocycles. The highest BCUT2D eigenvalue weighted by Crippen LogP contribution is 2.30. The summed E-state index contributed by atoms with van der Waals surface area (Å²) in [6, 6.07) is 3.90. The lowest BCUT2D eigenvalue weighted by molar-refractivity contribution is -0.143. The van der Waals surface area contributed by atoms with Gasteiger partial charge in [-0.15, -0.1) is 0 Å². The van der Waals surface area contributed by atoms with E-state index in [-0.39, 0.29) is 5.92 Å². The maximum atomic E-state index is 11.2. The van der Waals surface area contributed by atoms with Crippen molar-refractivity contribution in [3.8, 4) is 0 Å². The van der Waals surface area contributed by atoms with Gasteiger partial charge in [-0.25, -0.2) is 0 Å². The fourth-order valence-electron chi connectivity index (χ4n) is 3.44. The summed E-state index contributed by atoms with van der Waals surface area (Å²) in [5, 5.41) is 9.22. The van der Waals surface area contributed by atoms with Crippen LogP contribution >= 0.6 is 0 Å². The zero-order chi connectivity index (χ0) is 17.8. The van der Waals surface area contributed by atoms with Crippen LogP contribution < -0.4 is 0 Å². The Hall–Kier alpha value is -2.27. The first-order valence-electron chi connectivity index (χ1n) is 8.80. The number of carbonyl (C=O) groups is 1. The molecule has 2 aromatic heterocycles. The van der Waals surface area contributed by atoms with Crippen LogP contribution in [0.4, 0.5) is 0 Å². The van der Waals surface area contributed by atoms with Crippen LogP contribution in [0.2, 0.25) is 0 Å². The summed E-state index contributed by atoms with van der Waals surface area (Å²) < 4.78 is 11.4. The molecule has 0 aliphatic carbocycles. The molecule has 2 aromatic rings. The molecule has 1 aliphatic heterocycles. The predicted octanol–water partition coefficient (Wildman–Crippen LogP) is 4.11. The van der Waals surface area contributed by atoms with E-state index in [2.05, 4.69) is 11.0 Å². The minimum Gasteiger partial charge on any atom is -0.481 e. The molecule has 25 heavy (non-hydrogen) atoms. The van der Waals surface area contributed by atoms with Crippen LogP contribution in [-0.4, -0.2) is 35.6 Å². The van der Waals surface area contributed by atoms with E-state index in [1.165, 1.54) is 0 Å². The number of aryl methyl sites for hydroxylation is 2. The highest BCUT2D eigenvalue weighted by molar-refractivity contribution is 5.77. The lowest BCUT2D eigenvalue weighted by atomic mass is 9.98. The first kappa shape index (κ1) is 17.5. The number of rotatable bonds is 6. The van der Waals surface area contributed by atoms with E-state index in [4.69, 9.17) is 8.83 Å². The fourth-order valence-corrected chi connectivity index (χ4v) is 3.44. The molecule has 1 N–H and O–H groups in total. The van der Waals surface area contributed by atoms with Gasteiger partial charge in [-0.05, 0) is 62.9 Å². The minimum atomic E-state index is -0.682. The first-order chi connectivity index (χ1) is 12.1. The SMILES string of the molecule is Cc1ccoc1C(=CCCN1CCCC(C(=O)O)C1)c1occc1C. The van der Waals surface area contributed by atoms with Gasteiger partial charge >= 0.3 is 5.97 Å². The number of carboxylic acids is 1. The van der Waals surface area contributed by atoms with E-state index in [0.29, 0.717) is 6.54 Å². The summed E-state index contributed by atoms with van der Waals surface area (Å²) in [5.41, 5.74) is 3.12. The molecule has 5 nitrogen and oxygen atoms in total. The molecule has 3 rings (SSSR count). The first-order valence-corrected chi connectivity index (χ1v) is 8.80. The zero-order valence-electron chi connectivity index (χ0n) is 14.8. The molecule has 1 atom stereocenters. The number of carboxylic acid groups (broad SMARTS) is 1. The lowest BCUT2D eigenvalue weighted by Crippen LogP contribution is -2.39. The molecule has 1 fully saturated rings. The summed E-state index contributed by atoms with van der Waals surface area (Å²) in [5.74, 6) is 0.746. The number of likely N-dealkylation sites (tertiary alicyclic amines) is 1. The zero-order valence-corrected chi connectivity index (χ0v) is 14.8. The van der Waals surface area contributed by atoms with Gasteiger partial charge in [-0.3, -0.25) is 4.79 Å². The summed E-state index contributed by atoms with van der Waals surface area (Å²) in [6.07, 6.45) is 8.08. The van der Waals surface area contributed by atoms with Crippen molar-refractivity contribution >= 4 is 11.5 Å². The van der Waals surface area contributed by atoms with Crippen molar-refractivity contribution in [3.05, 3.63) is 53.4 Å². The minimum absolute atomic E-state index is 0.239. The van der Waals surface area contributed by atoms with E-state index in [0.717, 1.165) is 60.6 Å². The smallest absolute Gasteiger partial charge is 0.307 e. The average molecular weight is 343 g/mol. The van der Waals surface area contributed by atoms with E-state index in [9.17, 15) is 9.90 Å². The van der Waals surface area contributed by atoms with Crippen LogP contribution in [0.25, 0.3) is 5.57 Å². The third-order valence-electron chi connectivity index (χ3n) is 4.86. The summed E-state index contributed by atoms with van der Waals surface area (Å²) in [6.45, 7) is 6.48. The Bertz CT molecular complexity index is 713. The largest absolute Gasteiger partial charge is 0.481 e. The number of furan rings is 2. The molecule has 134 valence electrons. The van der Waals surface area contributed by atoms with Gasteiger partial charge < -0.3 is 18.8 Å². The summed E-state index contributed by atoms with van der Waals surface area (Å²) in [4.78, 5) is 13.4. The van der Waals surface area contributed by atoms with Gasteiger partial charge in [0.25, 0.3) is 0 Å². The molecule has 0 aromatic carbocycles. The maximum Gasteiger partial charge on any atom is 0.307 e. The average Bonchev–Trinajstić information content (AvgIpc) is 3.21. The summed E-state index contributed by atoms with van der Waals surface area (Å²) in [7, 11) is 0. The highest BCUT2D eigenvalue weighted by Gasteiger charge is 2.25. The molecule has 1 aliphatic rings. The predicted molar refractivity (Wildman–Crippen MR) is 95.4 cm³/mol. The number of piperidine rings is 1. The molecule has 1 unspecified atom stereocenters. The molecule has 0 saturated carbocycles. The van der Waals surface area contributed by atoms with E-state index < -0.39 is 5.97 Å². The monoisotopic (exact) mass is 343 g/mol. The maximum absolute atomic E-state index is 11.2. The fraction of sp³-hybridized carbons (Fsp3) is 0.450. The van der Waals surface area contributed by atoms with Crippen LogP contribution in [0.5, 0.6) is 0 Å². The third kappa shape index (κ3) is 4.04. The Morgan fingerprint density at radius 1 is 1.24 bits per heavy atom. The molecule has 0 amide bonds. The van der Waals surface area contributed by atoms with Crippen LogP contribution in [0, 0.1) is 19.8 Å². The van der Waals surface area contributed by atoms with Gasteiger partial charge in [0.2, 0.25) is 0 Å². The van der Waals surface area contributed by atoms with Gasteiger partial charge in [0, 0.05) is 13.1 Å². The standard InChI is InChI=1S/C20H25NO4/c1-14-7-11-24-18(14)17(19-15(2)8-12-25-19)6-4-10-21-9-3-5-16(13-21)20(22)23/h6-8,11-12,16H,3-5,9-10,13H2,1-2H3,(H,22,23). The van der Waals surface area contributed by atoms with Crippen molar-refractivity contribution in [2.24, 2.45) is 5.92 Å². The Labute approximate surface area is 147 Å². The number of aliphatic carboxylic acids is 1. The molecular weight excluding hydrogens is 318 g/mol. The van der Waals surface area contributed by atoms with Crippen molar-refractivity contribution in [2.75, 3.05) is 19.6 Å². The topological polar surface area (TPSA) is 66.8 Å². The van der Waals surface area contributed by atoms with Crippen LogP contribution in [-0.2, 0) is 4.79 Å². The van der Waals surface area contributed by atoms with Crippen LogP contribution in [0.3, 0.4) is 0 Å². The van der Waals surface area contributed by atoms with E-state index >= 15 is 0 Å². The second-order valence-corrected chi connectivity index (χ2v) is 6.75. The lowest BCUT2D eigenvalue weighted by Gasteiger charge is -2.30. The molecular formula is C20H25NO4. The van der Waals surface area contributed by atoms with Crippen molar-refractivity contribution in [1.82, 2.24) is 4.90 Å². The highest BCUT2D eigenvalue weighted by atomic mass is 16.4. The Kier molecular flexibility index (Phi) is 5.43. The van der Waals surface area contributed by atoms with Crippen LogP contribution in [0.15, 0.2) is 39.6 Å². The third-order valence-corrected chi connectivity index (χ3v) is 4.86. The van der Waals surface area contributed by atoms with Crippen LogP contribution in [0.1, 0.15) is 41.9 Å². The van der Waals surface area contributed by atoms with E-state index in [1.54, 1.807) is 12.5 Å². The quantitative estimate of drug-likeness (QED) is 0.855. The van der Waals surface area contributed by atoms with Gasteiger partial charge in [-0.1, -0.05) is 6.08 Å². The Morgan fingerprint density at radius 2 is 1.88 bits per heavy atom. The van der Waals surface area contributed by atoms with Crippen molar-refractivity contribution in [1.29, 1.82) is 0 Å². The van der Waals surface area contributed by atoms with Crippen molar-refractivity contribution in [2.45, 2.75) is 33.1 Å². The van der Waals surface area contributed by atoms with Gasteiger partial charge in [0.15, 0.2) is 0 Å². The Morgan fingerprint density at radius 3 is 2.40 bits per heavy atom. The van der Waals surface area contributed by atoms with E-state index in [1.807, 2.05) is 26.0 Å². The Balaban J connectivity index is 1.73. The molecule has 3 heterocycles. The van der Waals surface area contributed by atoms with Crippen molar-refractivity contribution in [3.63, 3.8) is 0 Å². The number of hydrogen-bond donors (Lipinski definition) is 1.